The molecule has 0 unspecified atom stereocenters. The van der Waals surface area contributed by atoms with E-state index in [9.17, 15) is 4.79 Å². The molecule has 0 saturated heterocycles. The van der Waals surface area contributed by atoms with Crippen LogP contribution in [0.15, 0.2) is 71.8 Å². The van der Waals surface area contributed by atoms with Crippen LogP contribution in [0.5, 0.6) is 0 Å². The number of fused-ring (bicyclic) bond motifs is 1. The van der Waals surface area contributed by atoms with Crippen LogP contribution in [-0.2, 0) is 0 Å². The van der Waals surface area contributed by atoms with Gasteiger partial charge in [-0.1, -0.05) is 41.9 Å². The minimum absolute atomic E-state index is 0.279. The molecule has 0 radical (unpaired) electrons. The number of thiophene rings is 1. The Bertz CT molecular complexity index is 1180. The largest absolute Gasteiger partial charge is 0.272 e. The van der Waals surface area contributed by atoms with Gasteiger partial charge in [0.25, 0.3) is 5.91 Å². The zero-order valence-electron chi connectivity index (χ0n) is 15.0. The fourth-order valence-electron chi connectivity index (χ4n) is 2.87. The van der Waals surface area contributed by atoms with Crippen molar-refractivity contribution in [2.45, 2.75) is 6.92 Å². The highest BCUT2D eigenvalue weighted by molar-refractivity contribution is 7.13. The van der Waals surface area contributed by atoms with Crippen LogP contribution in [-0.4, -0.2) is 17.1 Å². The van der Waals surface area contributed by atoms with Crippen LogP contribution in [0.25, 0.3) is 22.2 Å². The molecular formula is C22H16ClN3OS. The Labute approximate surface area is 171 Å². The maximum absolute atomic E-state index is 12.8. The third-order valence-corrected chi connectivity index (χ3v) is 5.41. The lowest BCUT2D eigenvalue weighted by Crippen LogP contribution is -2.18. The number of nitrogens with zero attached hydrogens (tertiary/aromatic N) is 2. The molecule has 6 heteroatoms. The van der Waals surface area contributed by atoms with Crippen molar-refractivity contribution in [3.8, 4) is 11.3 Å². The summed E-state index contributed by atoms with van der Waals surface area (Å²) < 4.78 is 0. The number of pyridine rings is 1. The van der Waals surface area contributed by atoms with Gasteiger partial charge >= 0.3 is 0 Å². The minimum atomic E-state index is -0.279. The van der Waals surface area contributed by atoms with E-state index in [2.05, 4.69) is 15.5 Å². The normalized spacial score (nSPS) is 11.2. The number of carbonyl (C=O) groups is 1. The molecule has 4 nitrogen and oxygen atoms in total. The Morgan fingerprint density at radius 3 is 2.64 bits per heavy atom. The average Bonchev–Trinajstić information content (AvgIpc) is 3.12. The summed E-state index contributed by atoms with van der Waals surface area (Å²) >= 11 is 7.60. The van der Waals surface area contributed by atoms with Gasteiger partial charge in [0.2, 0.25) is 0 Å². The molecule has 4 rings (SSSR count). The lowest BCUT2D eigenvalue weighted by atomic mass is 10.0. The summed E-state index contributed by atoms with van der Waals surface area (Å²) in [5.74, 6) is -0.279. The molecule has 4 aromatic rings. The van der Waals surface area contributed by atoms with Gasteiger partial charge in [-0.3, -0.25) is 4.79 Å². The second kappa shape index (κ2) is 7.92. The first-order valence-corrected chi connectivity index (χ1v) is 9.85. The number of benzene rings is 2. The third kappa shape index (κ3) is 3.96. The van der Waals surface area contributed by atoms with Crippen LogP contribution in [0.1, 0.15) is 20.1 Å². The molecule has 1 N–H and O–H groups in total. The second-order valence-corrected chi connectivity index (χ2v) is 7.98. The summed E-state index contributed by atoms with van der Waals surface area (Å²) in [5, 5.41) is 5.53. The highest BCUT2D eigenvalue weighted by Gasteiger charge is 2.13. The van der Waals surface area contributed by atoms with Crippen molar-refractivity contribution in [2.75, 3.05) is 0 Å². The Morgan fingerprint density at radius 1 is 1.11 bits per heavy atom. The maximum atomic E-state index is 12.8. The molecule has 0 atom stereocenters. The molecule has 2 heterocycles. The monoisotopic (exact) mass is 405 g/mol. The molecule has 0 aliphatic carbocycles. The standard InChI is InChI=1S/C22H16ClN3OS/c1-14-6-11-17(28-14)13-24-26-22(27)19-12-21(15-7-9-16(23)10-8-15)25-20-5-3-2-4-18(19)20/h2-13H,1H3,(H,26,27). The predicted molar refractivity (Wildman–Crippen MR) is 116 cm³/mol. The van der Waals surface area contributed by atoms with Crippen LogP contribution in [0.4, 0.5) is 0 Å². The third-order valence-electron chi connectivity index (χ3n) is 4.22. The number of hydrogen-bond acceptors (Lipinski definition) is 4. The van der Waals surface area contributed by atoms with Gasteiger partial charge in [0, 0.05) is 25.7 Å². The van der Waals surface area contributed by atoms with Gasteiger partial charge in [-0.15, -0.1) is 11.3 Å². The molecule has 0 spiro atoms. The minimum Gasteiger partial charge on any atom is -0.267 e. The van der Waals surface area contributed by atoms with Crippen LogP contribution in [0.2, 0.25) is 5.02 Å². The number of aryl methyl sites for hydroxylation is 1. The molecule has 0 aliphatic heterocycles. The highest BCUT2D eigenvalue weighted by atomic mass is 35.5. The fraction of sp³-hybridized carbons (Fsp3) is 0.0455. The summed E-state index contributed by atoms with van der Waals surface area (Å²) in [7, 11) is 0. The molecular weight excluding hydrogens is 390 g/mol. The van der Waals surface area contributed by atoms with E-state index in [0.717, 1.165) is 21.3 Å². The molecule has 0 fully saturated rings. The van der Waals surface area contributed by atoms with E-state index < -0.39 is 0 Å². The first-order chi connectivity index (χ1) is 13.6. The van der Waals surface area contributed by atoms with Gasteiger partial charge in [0.1, 0.15) is 0 Å². The van der Waals surface area contributed by atoms with Crippen molar-refractivity contribution < 1.29 is 4.79 Å². The molecule has 0 bridgehead atoms. The van der Waals surface area contributed by atoms with Crippen molar-refractivity contribution in [1.29, 1.82) is 0 Å². The van der Waals surface area contributed by atoms with Gasteiger partial charge in [0.05, 0.1) is 23.0 Å². The van der Waals surface area contributed by atoms with Gasteiger partial charge in [-0.25, -0.2) is 10.4 Å². The van der Waals surface area contributed by atoms with E-state index >= 15 is 0 Å². The Hall–Kier alpha value is -3.02. The second-order valence-electron chi connectivity index (χ2n) is 6.23. The molecule has 2 aromatic heterocycles. The fourth-order valence-corrected chi connectivity index (χ4v) is 3.74. The Morgan fingerprint density at radius 2 is 1.89 bits per heavy atom. The number of amides is 1. The number of hydrazone groups is 1. The number of para-hydroxylation sites is 1. The number of nitrogens with one attached hydrogen (secondary N) is 1. The number of halogens is 1. The zero-order chi connectivity index (χ0) is 19.5. The predicted octanol–water partition coefficient (Wildman–Crippen LogP) is 5.69. The van der Waals surface area contributed by atoms with Gasteiger partial charge in [0.15, 0.2) is 0 Å². The van der Waals surface area contributed by atoms with Crippen LogP contribution in [0.3, 0.4) is 0 Å². The topological polar surface area (TPSA) is 54.4 Å². The number of hydrogen-bond donors (Lipinski definition) is 1. The molecule has 138 valence electrons. The van der Waals surface area contributed by atoms with E-state index in [1.54, 1.807) is 35.8 Å². The molecule has 0 aliphatic rings. The summed E-state index contributed by atoms with van der Waals surface area (Å²) in [6, 6.07) is 20.7. The summed E-state index contributed by atoms with van der Waals surface area (Å²) in [5.41, 5.74) is 5.49. The van der Waals surface area contributed by atoms with E-state index in [1.807, 2.05) is 55.5 Å². The molecule has 2 aromatic carbocycles. The van der Waals surface area contributed by atoms with Crippen LogP contribution >= 0.6 is 22.9 Å². The van der Waals surface area contributed by atoms with Crippen molar-refractivity contribution in [3.05, 3.63) is 87.1 Å². The summed E-state index contributed by atoms with van der Waals surface area (Å²) in [6.45, 7) is 2.03. The first-order valence-electron chi connectivity index (χ1n) is 8.66. The number of aromatic nitrogens is 1. The quantitative estimate of drug-likeness (QED) is 0.350. The molecule has 0 saturated carbocycles. The molecule has 1 amide bonds. The van der Waals surface area contributed by atoms with E-state index in [0.29, 0.717) is 16.3 Å². The van der Waals surface area contributed by atoms with Crippen LogP contribution < -0.4 is 5.43 Å². The Balaban J connectivity index is 1.69. The van der Waals surface area contributed by atoms with Crippen molar-refractivity contribution in [2.24, 2.45) is 5.10 Å². The highest BCUT2D eigenvalue weighted by Crippen LogP contribution is 2.26. The SMILES string of the molecule is Cc1ccc(C=NNC(=O)c2cc(-c3ccc(Cl)cc3)nc3ccccc23)s1. The first kappa shape index (κ1) is 18.3. The lowest BCUT2D eigenvalue weighted by molar-refractivity contribution is 0.0957. The van der Waals surface area contributed by atoms with Crippen molar-refractivity contribution in [3.63, 3.8) is 0 Å². The number of rotatable bonds is 4. The zero-order valence-corrected chi connectivity index (χ0v) is 16.6. The number of carbonyl (C=O) groups excluding carboxylic acids is 1. The average molecular weight is 406 g/mol. The van der Waals surface area contributed by atoms with Gasteiger partial charge < -0.3 is 0 Å². The smallest absolute Gasteiger partial charge is 0.267 e. The molecule has 28 heavy (non-hydrogen) atoms. The van der Waals surface area contributed by atoms with Crippen molar-refractivity contribution in [1.82, 2.24) is 10.4 Å². The maximum Gasteiger partial charge on any atom is 0.272 e. The van der Waals surface area contributed by atoms with E-state index in [4.69, 9.17) is 11.6 Å². The summed E-state index contributed by atoms with van der Waals surface area (Å²) in [4.78, 5) is 19.7. The lowest BCUT2D eigenvalue weighted by Gasteiger charge is -2.09. The van der Waals surface area contributed by atoms with Gasteiger partial charge in [-0.2, -0.15) is 5.10 Å². The van der Waals surface area contributed by atoms with Gasteiger partial charge in [-0.05, 0) is 43.3 Å². The summed E-state index contributed by atoms with van der Waals surface area (Å²) in [6.07, 6.45) is 1.65. The van der Waals surface area contributed by atoms with E-state index in [-0.39, 0.29) is 5.91 Å². The van der Waals surface area contributed by atoms with Crippen molar-refractivity contribution >= 4 is 46.0 Å². The Kier molecular flexibility index (Phi) is 5.19. The van der Waals surface area contributed by atoms with Crippen LogP contribution in [0, 0.1) is 6.92 Å². The van der Waals surface area contributed by atoms with E-state index in [1.165, 1.54) is 4.88 Å².